The van der Waals surface area contributed by atoms with Crippen LogP contribution in [0.2, 0.25) is 0 Å². The van der Waals surface area contributed by atoms with Crippen molar-refractivity contribution in [1.82, 2.24) is 10.2 Å². The van der Waals surface area contributed by atoms with Crippen LogP contribution in [0.1, 0.15) is 33.6 Å². The van der Waals surface area contributed by atoms with E-state index in [1.54, 1.807) is 11.0 Å². The highest BCUT2D eigenvalue weighted by Gasteiger charge is 2.23. The minimum absolute atomic E-state index is 0.00377. The van der Waals surface area contributed by atoms with Crippen LogP contribution in [-0.2, 0) is 4.79 Å². The van der Waals surface area contributed by atoms with Crippen molar-refractivity contribution in [3.8, 4) is 0 Å². The van der Waals surface area contributed by atoms with E-state index in [2.05, 4.69) is 11.9 Å². The lowest BCUT2D eigenvalue weighted by molar-refractivity contribution is -0.139. The summed E-state index contributed by atoms with van der Waals surface area (Å²) < 4.78 is 0. The summed E-state index contributed by atoms with van der Waals surface area (Å²) in [7, 11) is 0. The summed E-state index contributed by atoms with van der Waals surface area (Å²) >= 11 is 0. The van der Waals surface area contributed by atoms with Crippen LogP contribution in [0, 0.1) is 0 Å². The fraction of sp³-hybridized carbons (Fsp3) is 0.667. The predicted octanol–water partition coefficient (Wildman–Crippen LogP) is 1.85. The van der Waals surface area contributed by atoms with E-state index < -0.39 is 12.0 Å². The summed E-state index contributed by atoms with van der Waals surface area (Å²) in [6, 6.07) is -1.18. The van der Waals surface area contributed by atoms with Gasteiger partial charge < -0.3 is 15.3 Å². The quantitative estimate of drug-likeness (QED) is 0.669. The van der Waals surface area contributed by atoms with Crippen LogP contribution in [0.25, 0.3) is 0 Å². The third-order valence-corrected chi connectivity index (χ3v) is 2.38. The second kappa shape index (κ2) is 7.70. The SMILES string of the molecule is C=CCN(C(=O)NC(CCC)C(=O)O)C(C)C. The number of aliphatic carboxylic acids is 1. The topological polar surface area (TPSA) is 69.6 Å². The number of amides is 2. The van der Waals surface area contributed by atoms with E-state index in [0.29, 0.717) is 19.4 Å². The van der Waals surface area contributed by atoms with Crippen LogP contribution in [0.3, 0.4) is 0 Å². The van der Waals surface area contributed by atoms with Crippen LogP contribution < -0.4 is 5.32 Å². The lowest BCUT2D eigenvalue weighted by Crippen LogP contribution is -2.50. The second-order valence-corrected chi connectivity index (χ2v) is 4.16. The van der Waals surface area contributed by atoms with E-state index in [4.69, 9.17) is 5.11 Å². The van der Waals surface area contributed by atoms with E-state index in [1.165, 1.54) is 0 Å². The normalized spacial score (nSPS) is 12.0. The minimum Gasteiger partial charge on any atom is -0.480 e. The Hall–Kier alpha value is -1.52. The molecule has 5 heteroatoms. The largest absolute Gasteiger partial charge is 0.480 e. The second-order valence-electron chi connectivity index (χ2n) is 4.16. The molecule has 98 valence electrons. The van der Waals surface area contributed by atoms with Crippen molar-refractivity contribution >= 4 is 12.0 Å². The van der Waals surface area contributed by atoms with Crippen molar-refractivity contribution in [2.45, 2.75) is 45.7 Å². The van der Waals surface area contributed by atoms with Gasteiger partial charge in [-0.2, -0.15) is 0 Å². The minimum atomic E-state index is -0.998. The molecular formula is C12H22N2O3. The molecule has 0 saturated carbocycles. The third kappa shape index (κ3) is 5.38. The molecule has 1 atom stereocenters. The summed E-state index contributed by atoms with van der Waals surface area (Å²) in [6.07, 6.45) is 2.76. The number of nitrogens with zero attached hydrogens (tertiary/aromatic N) is 1. The highest BCUT2D eigenvalue weighted by atomic mass is 16.4. The molecule has 0 spiro atoms. The summed E-state index contributed by atoms with van der Waals surface area (Å²) in [5, 5.41) is 11.5. The standard InChI is InChI=1S/C12H22N2O3/c1-5-7-10(11(15)16)13-12(17)14(8-6-2)9(3)4/h6,9-10H,2,5,7-8H2,1,3-4H3,(H,13,17)(H,15,16). The first-order chi connectivity index (χ1) is 7.93. The molecule has 1 unspecified atom stereocenters. The Morgan fingerprint density at radius 1 is 1.47 bits per heavy atom. The zero-order valence-corrected chi connectivity index (χ0v) is 10.8. The van der Waals surface area contributed by atoms with Crippen LogP contribution in [0.15, 0.2) is 12.7 Å². The van der Waals surface area contributed by atoms with E-state index in [0.717, 1.165) is 0 Å². The maximum Gasteiger partial charge on any atom is 0.326 e. The van der Waals surface area contributed by atoms with Crippen molar-refractivity contribution in [3.63, 3.8) is 0 Å². The molecule has 17 heavy (non-hydrogen) atoms. The highest BCUT2D eigenvalue weighted by molar-refractivity contribution is 5.82. The van der Waals surface area contributed by atoms with Crippen molar-refractivity contribution in [2.75, 3.05) is 6.54 Å². The average molecular weight is 242 g/mol. The molecule has 2 amide bonds. The van der Waals surface area contributed by atoms with Gasteiger partial charge in [-0.25, -0.2) is 9.59 Å². The number of carboxylic acid groups (broad SMARTS) is 1. The molecule has 0 rings (SSSR count). The first-order valence-electron chi connectivity index (χ1n) is 5.84. The van der Waals surface area contributed by atoms with Gasteiger partial charge in [0, 0.05) is 12.6 Å². The van der Waals surface area contributed by atoms with E-state index >= 15 is 0 Å². The molecular weight excluding hydrogens is 220 g/mol. The molecule has 0 fully saturated rings. The lowest BCUT2D eigenvalue weighted by atomic mass is 10.2. The molecule has 2 N–H and O–H groups in total. The van der Waals surface area contributed by atoms with Gasteiger partial charge in [0.15, 0.2) is 0 Å². The van der Waals surface area contributed by atoms with Gasteiger partial charge in [-0.05, 0) is 20.3 Å². The van der Waals surface area contributed by atoms with Crippen LogP contribution >= 0.6 is 0 Å². The highest BCUT2D eigenvalue weighted by Crippen LogP contribution is 2.02. The molecule has 0 aromatic heterocycles. The molecule has 0 aliphatic heterocycles. The Bertz CT molecular complexity index is 277. The first kappa shape index (κ1) is 15.5. The fourth-order valence-electron chi connectivity index (χ4n) is 1.45. The van der Waals surface area contributed by atoms with Crippen molar-refractivity contribution in [3.05, 3.63) is 12.7 Å². The number of hydrogen-bond acceptors (Lipinski definition) is 2. The zero-order chi connectivity index (χ0) is 13.4. The molecule has 0 aromatic rings. The Labute approximate surface area is 102 Å². The smallest absolute Gasteiger partial charge is 0.326 e. The van der Waals surface area contributed by atoms with Gasteiger partial charge in [0.05, 0.1) is 0 Å². The van der Waals surface area contributed by atoms with Gasteiger partial charge in [0.1, 0.15) is 6.04 Å². The summed E-state index contributed by atoms with van der Waals surface area (Å²) in [4.78, 5) is 24.3. The van der Waals surface area contributed by atoms with E-state index in [1.807, 2.05) is 20.8 Å². The number of carbonyl (C=O) groups excluding carboxylic acids is 1. The number of urea groups is 1. The Kier molecular flexibility index (Phi) is 7.02. The van der Waals surface area contributed by atoms with Gasteiger partial charge in [-0.3, -0.25) is 0 Å². The molecule has 0 aliphatic rings. The van der Waals surface area contributed by atoms with Crippen molar-refractivity contribution < 1.29 is 14.7 Å². The van der Waals surface area contributed by atoms with Gasteiger partial charge in [0.25, 0.3) is 0 Å². The molecule has 0 bridgehead atoms. The van der Waals surface area contributed by atoms with E-state index in [-0.39, 0.29) is 12.1 Å². The third-order valence-electron chi connectivity index (χ3n) is 2.38. The lowest BCUT2D eigenvalue weighted by Gasteiger charge is -2.27. The molecule has 5 nitrogen and oxygen atoms in total. The van der Waals surface area contributed by atoms with Crippen LogP contribution in [0.4, 0.5) is 4.79 Å². The monoisotopic (exact) mass is 242 g/mol. The molecule has 0 radical (unpaired) electrons. The molecule has 0 saturated heterocycles. The van der Waals surface area contributed by atoms with Gasteiger partial charge in [0.2, 0.25) is 0 Å². The molecule has 0 aliphatic carbocycles. The summed E-state index contributed by atoms with van der Waals surface area (Å²) in [5.74, 6) is -0.998. The van der Waals surface area contributed by atoms with Gasteiger partial charge in [-0.15, -0.1) is 6.58 Å². The Morgan fingerprint density at radius 2 is 2.06 bits per heavy atom. The first-order valence-corrected chi connectivity index (χ1v) is 5.84. The van der Waals surface area contributed by atoms with Crippen LogP contribution in [-0.4, -0.2) is 40.6 Å². The van der Waals surface area contributed by atoms with Gasteiger partial charge in [-0.1, -0.05) is 19.4 Å². The fourth-order valence-corrected chi connectivity index (χ4v) is 1.45. The number of carboxylic acids is 1. The van der Waals surface area contributed by atoms with Gasteiger partial charge >= 0.3 is 12.0 Å². The van der Waals surface area contributed by atoms with Crippen molar-refractivity contribution in [2.24, 2.45) is 0 Å². The predicted molar refractivity (Wildman–Crippen MR) is 66.9 cm³/mol. The van der Waals surface area contributed by atoms with E-state index in [9.17, 15) is 9.59 Å². The number of nitrogens with one attached hydrogen (secondary N) is 1. The molecule has 0 heterocycles. The Balaban J connectivity index is 4.55. The number of hydrogen-bond donors (Lipinski definition) is 2. The van der Waals surface area contributed by atoms with Crippen LogP contribution in [0.5, 0.6) is 0 Å². The summed E-state index contributed by atoms with van der Waals surface area (Å²) in [6.45, 7) is 9.61. The molecule has 0 aromatic carbocycles. The number of carbonyl (C=O) groups is 2. The zero-order valence-electron chi connectivity index (χ0n) is 10.8. The summed E-state index contributed by atoms with van der Waals surface area (Å²) in [5.41, 5.74) is 0. The number of rotatable bonds is 7. The average Bonchev–Trinajstić information content (AvgIpc) is 2.24. The maximum absolute atomic E-state index is 11.9. The maximum atomic E-state index is 11.9. The van der Waals surface area contributed by atoms with Crippen molar-refractivity contribution in [1.29, 1.82) is 0 Å². The Morgan fingerprint density at radius 3 is 2.41 bits per heavy atom.